The van der Waals surface area contributed by atoms with Gasteiger partial charge in [-0.2, -0.15) is 0 Å². The van der Waals surface area contributed by atoms with E-state index in [2.05, 4.69) is 232 Å². The Labute approximate surface area is 319 Å². The zero-order valence-corrected chi connectivity index (χ0v) is 34.8. The average Bonchev–Trinajstić information content (AvgIpc) is 3.02. The lowest BCUT2D eigenvalue weighted by Crippen LogP contribution is -2.25. The zero-order valence-electron chi connectivity index (χ0n) is 31.6. The van der Waals surface area contributed by atoms with Gasteiger partial charge in [-0.1, -0.05) is 125 Å². The van der Waals surface area contributed by atoms with Gasteiger partial charge in [-0.25, -0.2) is 0 Å². The SMILES string of the molecule is CC(C)(C)CC(C)(C)c1ccc(N(c2ccc(N(c3ccc(Br)cc3)c3ccc(Br)cc3)cc2)c2ccc(C(C)(C)CC(C)(C)C)cc2)cc1. The van der Waals surface area contributed by atoms with Gasteiger partial charge in [-0.05, 0) is 143 Å². The monoisotopic (exact) mass is 792 g/mol. The molecule has 5 aromatic carbocycles. The minimum atomic E-state index is 0.0764. The number of hydrogen-bond acceptors (Lipinski definition) is 2. The van der Waals surface area contributed by atoms with E-state index in [1.807, 2.05) is 0 Å². The van der Waals surface area contributed by atoms with E-state index in [9.17, 15) is 0 Å². The predicted octanol–water partition coefficient (Wildman–Crippen LogP) is 15.6. The van der Waals surface area contributed by atoms with Crippen LogP contribution in [0.4, 0.5) is 34.1 Å². The molecule has 0 aliphatic carbocycles. The fraction of sp³-hybridized carbons (Fsp3) is 0.348. The van der Waals surface area contributed by atoms with Gasteiger partial charge in [0, 0.05) is 43.1 Å². The molecular formula is C46H54Br2N2. The highest BCUT2D eigenvalue weighted by molar-refractivity contribution is 9.10. The molecule has 5 aromatic rings. The first-order valence-electron chi connectivity index (χ1n) is 17.7. The molecule has 0 radical (unpaired) electrons. The molecule has 2 nitrogen and oxygen atoms in total. The molecule has 0 heterocycles. The summed E-state index contributed by atoms with van der Waals surface area (Å²) in [4.78, 5) is 4.68. The Balaban J connectivity index is 1.57. The second-order valence-corrected chi connectivity index (χ2v) is 19.3. The highest BCUT2D eigenvalue weighted by Gasteiger charge is 2.29. The number of benzene rings is 5. The summed E-state index contributed by atoms with van der Waals surface area (Å²) in [6.45, 7) is 23.4. The van der Waals surface area contributed by atoms with Gasteiger partial charge in [0.2, 0.25) is 0 Å². The van der Waals surface area contributed by atoms with Crippen LogP contribution in [-0.2, 0) is 10.8 Å². The molecule has 0 atom stereocenters. The minimum Gasteiger partial charge on any atom is -0.311 e. The Kier molecular flexibility index (Phi) is 11.2. The molecular weight excluding hydrogens is 740 g/mol. The van der Waals surface area contributed by atoms with Crippen molar-refractivity contribution in [1.82, 2.24) is 0 Å². The normalized spacial score (nSPS) is 12.6. The molecule has 0 saturated heterocycles. The number of rotatable bonds is 10. The lowest BCUT2D eigenvalue weighted by Gasteiger charge is -2.34. The number of anilines is 6. The first-order valence-corrected chi connectivity index (χ1v) is 19.3. The van der Waals surface area contributed by atoms with Gasteiger partial charge in [-0.15, -0.1) is 0 Å². The van der Waals surface area contributed by atoms with Crippen molar-refractivity contribution in [2.45, 2.75) is 92.9 Å². The quantitative estimate of drug-likeness (QED) is 0.139. The van der Waals surface area contributed by atoms with Gasteiger partial charge in [0.1, 0.15) is 0 Å². The van der Waals surface area contributed by atoms with Crippen molar-refractivity contribution in [3.05, 3.63) is 141 Å². The van der Waals surface area contributed by atoms with Gasteiger partial charge >= 0.3 is 0 Å². The number of nitrogens with zero attached hydrogens (tertiary/aromatic N) is 2. The van der Waals surface area contributed by atoms with E-state index in [0.29, 0.717) is 0 Å². The van der Waals surface area contributed by atoms with Crippen molar-refractivity contribution < 1.29 is 0 Å². The molecule has 0 aromatic heterocycles. The fourth-order valence-corrected chi connectivity index (χ4v) is 8.33. The Morgan fingerprint density at radius 1 is 0.340 bits per heavy atom. The lowest BCUT2D eigenvalue weighted by molar-refractivity contribution is 0.283. The molecule has 0 bridgehead atoms. The highest BCUT2D eigenvalue weighted by Crippen LogP contribution is 2.43. The maximum atomic E-state index is 3.61. The summed E-state index contributed by atoms with van der Waals surface area (Å²) in [7, 11) is 0. The molecule has 0 N–H and O–H groups in total. The van der Waals surface area contributed by atoms with Crippen molar-refractivity contribution in [3.63, 3.8) is 0 Å². The first-order chi connectivity index (χ1) is 23.3. The highest BCUT2D eigenvalue weighted by atomic mass is 79.9. The van der Waals surface area contributed by atoms with Crippen LogP contribution in [0.3, 0.4) is 0 Å². The maximum Gasteiger partial charge on any atom is 0.0463 e. The van der Waals surface area contributed by atoms with E-state index < -0.39 is 0 Å². The molecule has 0 fully saturated rings. The smallest absolute Gasteiger partial charge is 0.0463 e. The Hall–Kier alpha value is -3.34. The van der Waals surface area contributed by atoms with Crippen LogP contribution < -0.4 is 9.80 Å². The Bertz CT molecular complexity index is 1720. The van der Waals surface area contributed by atoms with Crippen LogP contribution in [0.15, 0.2) is 130 Å². The summed E-state index contributed by atoms with van der Waals surface area (Å²) in [5, 5.41) is 0. The fourth-order valence-electron chi connectivity index (χ4n) is 7.80. The second kappa shape index (κ2) is 14.7. The molecule has 4 heteroatoms. The molecule has 0 aliphatic heterocycles. The molecule has 5 rings (SSSR count). The van der Waals surface area contributed by atoms with E-state index in [4.69, 9.17) is 0 Å². The average molecular weight is 795 g/mol. The molecule has 50 heavy (non-hydrogen) atoms. The van der Waals surface area contributed by atoms with Gasteiger partial charge in [-0.3, -0.25) is 0 Å². The third-order valence-corrected chi connectivity index (χ3v) is 10.4. The second-order valence-electron chi connectivity index (χ2n) is 17.5. The largest absolute Gasteiger partial charge is 0.311 e. The van der Waals surface area contributed by atoms with Crippen molar-refractivity contribution in [1.29, 1.82) is 0 Å². The molecule has 0 aliphatic rings. The van der Waals surface area contributed by atoms with Crippen LogP contribution in [0.2, 0.25) is 0 Å². The van der Waals surface area contributed by atoms with Crippen molar-refractivity contribution in [2.24, 2.45) is 10.8 Å². The molecule has 0 amide bonds. The first kappa shape index (κ1) is 37.9. The minimum absolute atomic E-state index is 0.0764. The van der Waals surface area contributed by atoms with Crippen LogP contribution in [0.25, 0.3) is 0 Å². The van der Waals surface area contributed by atoms with Crippen LogP contribution >= 0.6 is 31.9 Å². The number of halogens is 2. The van der Waals surface area contributed by atoms with E-state index in [1.54, 1.807) is 0 Å². The Morgan fingerprint density at radius 3 is 0.760 bits per heavy atom. The summed E-state index contributed by atoms with van der Waals surface area (Å²) in [5.74, 6) is 0. The van der Waals surface area contributed by atoms with Gasteiger partial charge in [0.15, 0.2) is 0 Å². The van der Waals surface area contributed by atoms with Crippen LogP contribution in [0.5, 0.6) is 0 Å². The van der Waals surface area contributed by atoms with E-state index in [0.717, 1.165) is 55.9 Å². The Morgan fingerprint density at radius 2 is 0.540 bits per heavy atom. The van der Waals surface area contributed by atoms with Crippen LogP contribution in [0, 0.1) is 10.8 Å². The number of hydrogen-bond donors (Lipinski definition) is 0. The summed E-state index contributed by atoms with van der Waals surface area (Å²) in [6.07, 6.45) is 2.23. The maximum absolute atomic E-state index is 3.61. The van der Waals surface area contributed by atoms with Gasteiger partial charge < -0.3 is 9.80 Å². The molecule has 262 valence electrons. The summed E-state index contributed by atoms with van der Waals surface area (Å²) < 4.78 is 2.12. The predicted molar refractivity (Wildman–Crippen MR) is 225 cm³/mol. The van der Waals surface area contributed by atoms with E-state index in [1.165, 1.54) is 11.1 Å². The molecule has 0 saturated carbocycles. The van der Waals surface area contributed by atoms with Crippen molar-refractivity contribution in [2.75, 3.05) is 9.80 Å². The van der Waals surface area contributed by atoms with Gasteiger partial charge in [0.05, 0.1) is 0 Å². The summed E-state index contributed by atoms with van der Waals surface area (Å²) in [5.41, 5.74) is 10.1. The van der Waals surface area contributed by atoms with Crippen LogP contribution in [-0.4, -0.2) is 0 Å². The van der Waals surface area contributed by atoms with Crippen molar-refractivity contribution in [3.8, 4) is 0 Å². The third kappa shape index (κ3) is 9.50. The zero-order chi connectivity index (χ0) is 36.5. The summed E-state index contributed by atoms with van der Waals surface area (Å²) >= 11 is 7.22. The topological polar surface area (TPSA) is 6.48 Å². The van der Waals surface area contributed by atoms with E-state index in [-0.39, 0.29) is 21.7 Å². The van der Waals surface area contributed by atoms with Gasteiger partial charge in [0.25, 0.3) is 0 Å². The molecule has 0 unspecified atom stereocenters. The standard InChI is InChI=1S/C46H54Br2N2/c1-43(2,3)31-45(7,8)33-11-19-37(20-12-33)49(38-21-13-34(14-22-38)46(9,10)32-44(4,5)6)41-27-29-42(30-28-41)50(39-23-15-35(47)16-24-39)40-25-17-36(48)18-26-40/h11-30H,31-32H2,1-10H3. The van der Waals surface area contributed by atoms with E-state index >= 15 is 0 Å². The van der Waals surface area contributed by atoms with Crippen LogP contribution in [0.1, 0.15) is 93.2 Å². The molecule has 0 spiro atoms. The third-order valence-electron chi connectivity index (χ3n) is 9.29. The lowest BCUT2D eigenvalue weighted by atomic mass is 9.72. The summed E-state index contributed by atoms with van der Waals surface area (Å²) in [6, 6.07) is 44.4. The van der Waals surface area contributed by atoms with Crippen molar-refractivity contribution >= 4 is 66.0 Å².